The van der Waals surface area contributed by atoms with Crippen molar-refractivity contribution in [1.29, 1.82) is 0 Å². The number of nitrogens with zero attached hydrogens (tertiary/aromatic N) is 1. The fraction of sp³-hybridized carbons (Fsp3) is 0.222. The van der Waals surface area contributed by atoms with Gasteiger partial charge >= 0.3 is 0 Å². The zero-order chi connectivity index (χ0) is 17.4. The summed E-state index contributed by atoms with van der Waals surface area (Å²) in [5, 5.41) is 4.35. The molecule has 0 atom stereocenters. The number of ether oxygens (including phenoxy) is 2. The van der Waals surface area contributed by atoms with Gasteiger partial charge in [-0.05, 0) is 36.3 Å². The van der Waals surface area contributed by atoms with Crippen LogP contribution in [-0.4, -0.2) is 17.9 Å². The van der Waals surface area contributed by atoms with Gasteiger partial charge in [0.15, 0.2) is 5.11 Å². The highest BCUT2D eigenvalue weighted by Crippen LogP contribution is 2.26. The summed E-state index contributed by atoms with van der Waals surface area (Å²) in [5.41, 5.74) is 10.8. The summed E-state index contributed by atoms with van der Waals surface area (Å²) in [5.74, 6) is 1.42. The highest BCUT2D eigenvalue weighted by atomic mass is 32.1. The molecule has 0 aliphatic rings. The number of rotatable bonds is 7. The quantitative estimate of drug-likeness (QED) is 0.459. The van der Waals surface area contributed by atoms with Crippen molar-refractivity contribution >= 4 is 23.0 Å². The Morgan fingerprint density at radius 2 is 1.96 bits per heavy atom. The number of methoxy groups -OCH3 is 1. The molecule has 0 unspecified atom stereocenters. The van der Waals surface area contributed by atoms with Crippen LogP contribution in [0, 0.1) is 0 Å². The molecule has 0 saturated carbocycles. The molecule has 3 N–H and O–H groups in total. The lowest BCUT2D eigenvalue weighted by Gasteiger charge is -2.13. The van der Waals surface area contributed by atoms with Gasteiger partial charge in [0, 0.05) is 11.6 Å². The molecule has 0 aliphatic carbocycles. The number of thiocarbonyl (C=S) groups is 1. The van der Waals surface area contributed by atoms with E-state index in [2.05, 4.69) is 10.5 Å². The summed E-state index contributed by atoms with van der Waals surface area (Å²) in [6.07, 6.45) is 0.705. The van der Waals surface area contributed by atoms with Crippen LogP contribution in [0.1, 0.15) is 24.5 Å². The minimum Gasteiger partial charge on any atom is -0.496 e. The van der Waals surface area contributed by atoms with Crippen LogP contribution in [-0.2, 0) is 6.61 Å². The van der Waals surface area contributed by atoms with Crippen molar-refractivity contribution in [2.45, 2.75) is 20.0 Å². The lowest BCUT2D eigenvalue weighted by molar-refractivity contribution is 0.303. The van der Waals surface area contributed by atoms with Gasteiger partial charge in [0.1, 0.15) is 18.1 Å². The lowest BCUT2D eigenvalue weighted by Crippen LogP contribution is -2.25. The van der Waals surface area contributed by atoms with Gasteiger partial charge in [0.25, 0.3) is 0 Å². The maximum absolute atomic E-state index is 5.82. The van der Waals surface area contributed by atoms with E-state index in [1.54, 1.807) is 7.11 Å². The molecular formula is C18H21N3O2S. The van der Waals surface area contributed by atoms with Crippen molar-refractivity contribution in [2.24, 2.45) is 10.8 Å². The Hall–Kier alpha value is -2.60. The predicted molar refractivity (Wildman–Crippen MR) is 101 cm³/mol. The summed E-state index contributed by atoms with van der Waals surface area (Å²) in [6, 6.07) is 15.7. The third kappa shape index (κ3) is 4.96. The van der Waals surface area contributed by atoms with E-state index in [-0.39, 0.29) is 5.11 Å². The Bertz CT molecular complexity index is 717. The van der Waals surface area contributed by atoms with Crippen molar-refractivity contribution in [3.05, 3.63) is 59.7 Å². The molecule has 0 saturated heterocycles. The highest BCUT2D eigenvalue weighted by molar-refractivity contribution is 7.80. The van der Waals surface area contributed by atoms with Crippen LogP contribution < -0.4 is 20.6 Å². The molecule has 0 amide bonds. The minimum atomic E-state index is 0.128. The number of benzene rings is 2. The highest BCUT2D eigenvalue weighted by Gasteiger charge is 2.11. The standard InChI is InChI=1S/C18H21N3O2S/c1-3-16(20-21-18(19)24)15-10-9-14(11-17(15)22-2)23-12-13-7-5-4-6-8-13/h4-11H,3,12H2,1-2H3,(H3,19,21,24). The number of hydrogen-bond acceptors (Lipinski definition) is 4. The molecular weight excluding hydrogens is 322 g/mol. The van der Waals surface area contributed by atoms with Crippen molar-refractivity contribution in [3.63, 3.8) is 0 Å². The molecule has 126 valence electrons. The molecule has 2 aromatic carbocycles. The van der Waals surface area contributed by atoms with Crippen LogP contribution in [0.4, 0.5) is 0 Å². The first-order valence-corrected chi connectivity index (χ1v) is 8.02. The Morgan fingerprint density at radius 3 is 2.58 bits per heavy atom. The van der Waals surface area contributed by atoms with Crippen molar-refractivity contribution in [2.75, 3.05) is 7.11 Å². The molecule has 0 aliphatic heterocycles. The zero-order valence-electron chi connectivity index (χ0n) is 13.8. The second-order valence-electron chi connectivity index (χ2n) is 5.02. The van der Waals surface area contributed by atoms with E-state index in [1.807, 2.05) is 55.5 Å². The third-order valence-electron chi connectivity index (χ3n) is 3.37. The Kier molecular flexibility index (Phi) is 6.57. The van der Waals surface area contributed by atoms with Crippen molar-refractivity contribution in [1.82, 2.24) is 5.43 Å². The Morgan fingerprint density at radius 1 is 1.21 bits per heavy atom. The zero-order valence-corrected chi connectivity index (χ0v) is 14.6. The molecule has 0 radical (unpaired) electrons. The van der Waals surface area contributed by atoms with E-state index in [4.69, 9.17) is 27.4 Å². The molecule has 2 rings (SSSR count). The molecule has 24 heavy (non-hydrogen) atoms. The molecule has 0 spiro atoms. The summed E-state index contributed by atoms with van der Waals surface area (Å²) in [7, 11) is 1.62. The number of hydrogen-bond donors (Lipinski definition) is 2. The SMILES string of the molecule is CCC(=NNC(N)=S)c1ccc(OCc2ccccc2)cc1OC. The van der Waals surface area contributed by atoms with Crippen molar-refractivity contribution < 1.29 is 9.47 Å². The smallest absolute Gasteiger partial charge is 0.184 e. The van der Waals surface area contributed by atoms with Crippen LogP contribution in [0.5, 0.6) is 11.5 Å². The maximum Gasteiger partial charge on any atom is 0.184 e. The first kappa shape index (κ1) is 17.7. The second kappa shape index (κ2) is 8.88. The summed E-state index contributed by atoms with van der Waals surface area (Å²) >= 11 is 4.78. The molecule has 0 heterocycles. The second-order valence-corrected chi connectivity index (χ2v) is 5.46. The first-order valence-electron chi connectivity index (χ1n) is 7.61. The molecule has 5 nitrogen and oxygen atoms in total. The number of hydrazone groups is 1. The topological polar surface area (TPSA) is 68.9 Å². The normalized spacial score (nSPS) is 11.0. The van der Waals surface area contributed by atoms with Gasteiger partial charge in [0.05, 0.1) is 12.8 Å². The fourth-order valence-electron chi connectivity index (χ4n) is 2.19. The molecule has 6 heteroatoms. The van der Waals surface area contributed by atoms with Gasteiger partial charge in [-0.2, -0.15) is 5.10 Å². The predicted octanol–water partition coefficient (Wildman–Crippen LogP) is 3.22. The fourth-order valence-corrected chi connectivity index (χ4v) is 2.24. The monoisotopic (exact) mass is 343 g/mol. The summed E-state index contributed by atoms with van der Waals surface area (Å²) in [4.78, 5) is 0. The third-order valence-corrected chi connectivity index (χ3v) is 3.46. The van der Waals surface area contributed by atoms with Crippen LogP contribution >= 0.6 is 12.2 Å². The van der Waals surface area contributed by atoms with Gasteiger partial charge in [-0.3, -0.25) is 5.43 Å². The molecule has 0 fully saturated rings. The van der Waals surface area contributed by atoms with Gasteiger partial charge in [-0.25, -0.2) is 0 Å². The van der Waals surface area contributed by atoms with Crippen LogP contribution in [0.3, 0.4) is 0 Å². The van der Waals surface area contributed by atoms with Crippen LogP contribution in [0.15, 0.2) is 53.6 Å². The van der Waals surface area contributed by atoms with Gasteiger partial charge in [-0.1, -0.05) is 37.3 Å². The van der Waals surface area contributed by atoms with E-state index < -0.39 is 0 Å². The summed E-state index contributed by atoms with van der Waals surface area (Å²) in [6.45, 7) is 2.50. The Labute approximate surface area is 147 Å². The molecule has 0 bridgehead atoms. The van der Waals surface area contributed by atoms with Gasteiger partial charge in [0.2, 0.25) is 0 Å². The van der Waals surface area contributed by atoms with E-state index in [0.29, 0.717) is 18.8 Å². The van der Waals surface area contributed by atoms with E-state index in [0.717, 1.165) is 22.6 Å². The largest absolute Gasteiger partial charge is 0.496 e. The first-order chi connectivity index (χ1) is 11.6. The minimum absolute atomic E-state index is 0.128. The van der Waals surface area contributed by atoms with Gasteiger partial charge in [-0.15, -0.1) is 0 Å². The van der Waals surface area contributed by atoms with Crippen molar-refractivity contribution in [3.8, 4) is 11.5 Å². The average Bonchev–Trinajstić information content (AvgIpc) is 2.61. The lowest BCUT2D eigenvalue weighted by atomic mass is 10.1. The average molecular weight is 343 g/mol. The maximum atomic E-state index is 5.82. The van der Waals surface area contributed by atoms with Crippen LogP contribution in [0.25, 0.3) is 0 Å². The Balaban J connectivity index is 2.17. The molecule has 2 aromatic rings. The van der Waals surface area contributed by atoms with Crippen LogP contribution in [0.2, 0.25) is 0 Å². The summed E-state index contributed by atoms with van der Waals surface area (Å²) < 4.78 is 11.3. The van der Waals surface area contributed by atoms with E-state index in [1.165, 1.54) is 0 Å². The number of nitrogens with two attached hydrogens (primary N) is 1. The van der Waals surface area contributed by atoms with E-state index in [9.17, 15) is 0 Å². The van der Waals surface area contributed by atoms with E-state index >= 15 is 0 Å². The van der Waals surface area contributed by atoms with Gasteiger partial charge < -0.3 is 15.2 Å². The number of nitrogens with one attached hydrogen (secondary N) is 1. The molecule has 0 aromatic heterocycles.